The van der Waals surface area contributed by atoms with E-state index in [9.17, 15) is 0 Å². The summed E-state index contributed by atoms with van der Waals surface area (Å²) >= 11 is 2.20. The van der Waals surface area contributed by atoms with Crippen molar-refractivity contribution >= 4 is 33.5 Å². The van der Waals surface area contributed by atoms with Crippen molar-refractivity contribution < 1.29 is 0 Å². The Morgan fingerprint density at radius 1 is 1.25 bits per heavy atom. The molecule has 0 aromatic carbocycles. The SMILES string of the molecule is Cc1cncc2nc(I)ccc12. The van der Waals surface area contributed by atoms with Crippen LogP contribution in [0.3, 0.4) is 0 Å². The maximum Gasteiger partial charge on any atom is 0.102 e. The summed E-state index contributed by atoms with van der Waals surface area (Å²) in [6.45, 7) is 2.05. The predicted octanol–water partition coefficient (Wildman–Crippen LogP) is 2.54. The molecule has 12 heavy (non-hydrogen) atoms. The van der Waals surface area contributed by atoms with Gasteiger partial charge in [-0.2, -0.15) is 0 Å². The Morgan fingerprint density at radius 2 is 2.08 bits per heavy atom. The van der Waals surface area contributed by atoms with E-state index in [1.54, 1.807) is 6.20 Å². The maximum atomic E-state index is 4.36. The van der Waals surface area contributed by atoms with Crippen LogP contribution in [0.2, 0.25) is 0 Å². The van der Waals surface area contributed by atoms with E-state index in [1.165, 1.54) is 10.9 Å². The molecule has 2 heterocycles. The second kappa shape index (κ2) is 2.97. The Bertz CT molecular complexity index is 426. The molecule has 2 rings (SSSR count). The first-order chi connectivity index (χ1) is 5.77. The van der Waals surface area contributed by atoms with Crippen LogP contribution in [-0.2, 0) is 0 Å². The molecule has 2 aromatic rings. The highest BCUT2D eigenvalue weighted by molar-refractivity contribution is 14.1. The molecule has 0 saturated heterocycles. The highest BCUT2D eigenvalue weighted by Gasteiger charge is 1.97. The van der Waals surface area contributed by atoms with Crippen molar-refractivity contribution in [2.45, 2.75) is 6.92 Å². The molecule has 0 saturated carbocycles. The molecule has 0 aliphatic rings. The summed E-state index contributed by atoms with van der Waals surface area (Å²) < 4.78 is 1.01. The third-order valence-corrected chi connectivity index (χ3v) is 2.38. The summed E-state index contributed by atoms with van der Waals surface area (Å²) in [6.07, 6.45) is 3.65. The van der Waals surface area contributed by atoms with Crippen molar-refractivity contribution in [1.82, 2.24) is 9.97 Å². The molecule has 0 aliphatic carbocycles. The average molecular weight is 270 g/mol. The van der Waals surface area contributed by atoms with E-state index in [-0.39, 0.29) is 0 Å². The van der Waals surface area contributed by atoms with Gasteiger partial charge in [-0.3, -0.25) is 4.98 Å². The lowest BCUT2D eigenvalue weighted by Crippen LogP contribution is -1.86. The largest absolute Gasteiger partial charge is 0.262 e. The summed E-state index contributed by atoms with van der Waals surface area (Å²) in [5.74, 6) is 0. The Labute approximate surface area is 84.2 Å². The van der Waals surface area contributed by atoms with Gasteiger partial charge in [-0.25, -0.2) is 4.98 Å². The Kier molecular flexibility index (Phi) is 1.96. The molecule has 0 radical (unpaired) electrons. The van der Waals surface area contributed by atoms with Crippen molar-refractivity contribution in [2.24, 2.45) is 0 Å². The van der Waals surface area contributed by atoms with Gasteiger partial charge in [0, 0.05) is 11.6 Å². The molecule has 0 aliphatic heterocycles. The molecule has 2 nitrogen and oxygen atoms in total. The summed E-state index contributed by atoms with van der Waals surface area (Å²) in [5.41, 5.74) is 2.15. The van der Waals surface area contributed by atoms with Crippen molar-refractivity contribution in [1.29, 1.82) is 0 Å². The minimum absolute atomic E-state index is 0.974. The summed E-state index contributed by atoms with van der Waals surface area (Å²) in [4.78, 5) is 8.45. The predicted molar refractivity (Wildman–Crippen MR) is 57.0 cm³/mol. The zero-order valence-electron chi connectivity index (χ0n) is 6.58. The molecule has 0 atom stereocenters. The van der Waals surface area contributed by atoms with Gasteiger partial charge in [-0.1, -0.05) is 0 Å². The number of aromatic nitrogens is 2. The van der Waals surface area contributed by atoms with Gasteiger partial charge in [0.25, 0.3) is 0 Å². The van der Waals surface area contributed by atoms with Crippen LogP contribution < -0.4 is 0 Å². The number of hydrogen-bond donors (Lipinski definition) is 0. The standard InChI is InChI=1S/C9H7IN2/c1-6-4-11-5-8-7(6)2-3-9(10)12-8/h2-5H,1H3. The third-order valence-electron chi connectivity index (χ3n) is 1.78. The fourth-order valence-electron chi connectivity index (χ4n) is 1.17. The maximum absolute atomic E-state index is 4.36. The van der Waals surface area contributed by atoms with Crippen LogP contribution in [0.4, 0.5) is 0 Å². The highest BCUT2D eigenvalue weighted by atomic mass is 127. The van der Waals surface area contributed by atoms with E-state index in [2.05, 4.69) is 38.6 Å². The monoisotopic (exact) mass is 270 g/mol. The lowest BCUT2D eigenvalue weighted by molar-refractivity contribution is 1.25. The van der Waals surface area contributed by atoms with Crippen LogP contribution in [0.15, 0.2) is 24.5 Å². The van der Waals surface area contributed by atoms with Crippen LogP contribution in [-0.4, -0.2) is 9.97 Å². The van der Waals surface area contributed by atoms with E-state index < -0.39 is 0 Å². The molecule has 0 amide bonds. The molecule has 0 fully saturated rings. The number of hydrogen-bond acceptors (Lipinski definition) is 2. The number of halogens is 1. The van der Waals surface area contributed by atoms with E-state index in [4.69, 9.17) is 0 Å². The highest BCUT2D eigenvalue weighted by Crippen LogP contribution is 2.15. The Balaban J connectivity index is 2.86. The number of rotatable bonds is 0. The lowest BCUT2D eigenvalue weighted by Gasteiger charge is -1.99. The second-order valence-corrected chi connectivity index (χ2v) is 3.76. The van der Waals surface area contributed by atoms with Gasteiger partial charge < -0.3 is 0 Å². The van der Waals surface area contributed by atoms with Crippen molar-refractivity contribution in [3.05, 3.63) is 33.8 Å². The number of nitrogens with zero attached hydrogens (tertiary/aromatic N) is 2. The quantitative estimate of drug-likeness (QED) is 0.543. The van der Waals surface area contributed by atoms with Gasteiger partial charge in [0.15, 0.2) is 0 Å². The van der Waals surface area contributed by atoms with Gasteiger partial charge in [0.05, 0.1) is 11.7 Å². The number of pyridine rings is 2. The van der Waals surface area contributed by atoms with Crippen LogP contribution in [0.1, 0.15) is 5.56 Å². The van der Waals surface area contributed by atoms with Crippen LogP contribution in [0.25, 0.3) is 10.9 Å². The molecule has 2 aromatic heterocycles. The van der Waals surface area contributed by atoms with Gasteiger partial charge in [0.1, 0.15) is 3.70 Å². The zero-order valence-corrected chi connectivity index (χ0v) is 8.74. The normalized spacial score (nSPS) is 10.5. The first-order valence-electron chi connectivity index (χ1n) is 3.64. The van der Waals surface area contributed by atoms with Gasteiger partial charge in [0.2, 0.25) is 0 Å². The summed E-state index contributed by atoms with van der Waals surface area (Å²) in [6, 6.07) is 4.09. The first-order valence-corrected chi connectivity index (χ1v) is 4.72. The Morgan fingerprint density at radius 3 is 2.92 bits per heavy atom. The zero-order chi connectivity index (χ0) is 8.55. The van der Waals surface area contributed by atoms with Gasteiger partial charge >= 0.3 is 0 Å². The van der Waals surface area contributed by atoms with Gasteiger partial charge in [-0.15, -0.1) is 0 Å². The second-order valence-electron chi connectivity index (χ2n) is 2.66. The summed E-state index contributed by atoms with van der Waals surface area (Å²) in [5, 5.41) is 1.19. The van der Waals surface area contributed by atoms with Crippen molar-refractivity contribution in [3.63, 3.8) is 0 Å². The van der Waals surface area contributed by atoms with Crippen molar-refractivity contribution in [3.8, 4) is 0 Å². The first kappa shape index (κ1) is 7.91. The molecule has 60 valence electrons. The minimum atomic E-state index is 0.974. The molecule has 0 unspecified atom stereocenters. The third kappa shape index (κ3) is 1.29. The van der Waals surface area contributed by atoms with Crippen molar-refractivity contribution in [2.75, 3.05) is 0 Å². The van der Waals surface area contributed by atoms with E-state index >= 15 is 0 Å². The lowest BCUT2D eigenvalue weighted by atomic mass is 10.2. The van der Waals surface area contributed by atoms with Crippen LogP contribution in [0.5, 0.6) is 0 Å². The van der Waals surface area contributed by atoms with Crippen LogP contribution in [0, 0.1) is 10.6 Å². The average Bonchev–Trinajstić information content (AvgIpc) is 2.04. The number of fused-ring (bicyclic) bond motifs is 1. The molecule has 0 bridgehead atoms. The smallest absolute Gasteiger partial charge is 0.102 e. The summed E-state index contributed by atoms with van der Waals surface area (Å²) in [7, 11) is 0. The van der Waals surface area contributed by atoms with E-state index in [0.717, 1.165) is 9.22 Å². The fraction of sp³-hybridized carbons (Fsp3) is 0.111. The minimum Gasteiger partial charge on any atom is -0.262 e. The Hall–Kier alpha value is -0.710. The number of aryl methyl sites for hydroxylation is 1. The molecule has 0 N–H and O–H groups in total. The molecule has 3 heteroatoms. The van der Waals surface area contributed by atoms with Gasteiger partial charge in [-0.05, 0) is 47.2 Å². The van der Waals surface area contributed by atoms with E-state index in [1.807, 2.05) is 19.2 Å². The van der Waals surface area contributed by atoms with E-state index in [0.29, 0.717) is 0 Å². The fourth-order valence-corrected chi connectivity index (χ4v) is 1.61. The molecular weight excluding hydrogens is 263 g/mol. The molecule has 0 spiro atoms. The molecular formula is C9H7IN2. The topological polar surface area (TPSA) is 25.8 Å². The van der Waals surface area contributed by atoms with Crippen LogP contribution >= 0.6 is 22.6 Å².